The molecule has 0 aromatic carbocycles. The van der Waals surface area contributed by atoms with Crippen LogP contribution < -0.4 is 15.4 Å². The number of nitrogens with two attached hydrogens (primary N) is 1. The molecule has 0 spiro atoms. The van der Waals surface area contributed by atoms with Gasteiger partial charge in [-0.05, 0) is 18.8 Å². The average molecular weight is 296 g/mol. The van der Waals surface area contributed by atoms with E-state index < -0.39 is 0 Å². The zero-order valence-corrected chi connectivity index (χ0v) is 13.4. The van der Waals surface area contributed by atoms with Crippen LogP contribution in [0.25, 0.3) is 0 Å². The lowest BCUT2D eigenvalue weighted by Crippen LogP contribution is -2.34. The van der Waals surface area contributed by atoms with Crippen molar-refractivity contribution >= 4 is 27.8 Å². The number of carbonyl (C=O) groups excluding carboxylic acids is 1. The van der Waals surface area contributed by atoms with Gasteiger partial charge in [-0.2, -0.15) is 0 Å². The van der Waals surface area contributed by atoms with E-state index >= 15 is 0 Å². The zero-order chi connectivity index (χ0) is 14.7. The molecule has 1 aliphatic rings. The molecule has 2 N–H and O–H groups in total. The van der Waals surface area contributed by atoms with Crippen molar-refractivity contribution in [3.05, 3.63) is 4.88 Å². The first-order chi connectivity index (χ1) is 9.62. The van der Waals surface area contributed by atoms with E-state index in [-0.39, 0.29) is 5.78 Å². The van der Waals surface area contributed by atoms with Crippen LogP contribution in [0.4, 0.5) is 10.7 Å². The molecule has 1 unspecified atom stereocenters. The highest BCUT2D eigenvalue weighted by Gasteiger charge is 2.27. The van der Waals surface area contributed by atoms with Gasteiger partial charge in [0.25, 0.3) is 0 Å². The topological polar surface area (TPSA) is 55.6 Å². The summed E-state index contributed by atoms with van der Waals surface area (Å²) in [6.45, 7) is 6.15. The molecule has 2 rings (SSSR count). The van der Waals surface area contributed by atoms with Gasteiger partial charge < -0.3 is 15.4 Å². The van der Waals surface area contributed by atoms with Crippen LogP contribution in [0.2, 0.25) is 0 Å². The van der Waals surface area contributed by atoms with Crippen LogP contribution in [0, 0.1) is 5.92 Å². The van der Waals surface area contributed by atoms with Crippen LogP contribution in [0.5, 0.6) is 5.75 Å². The summed E-state index contributed by atoms with van der Waals surface area (Å²) in [5.41, 5.74) is 6.61. The SMILES string of the molecule is CCC(=O)c1sc(N2CCCC(CC)C2)c(OC)c1N. The van der Waals surface area contributed by atoms with Crippen LogP contribution in [-0.4, -0.2) is 26.0 Å². The summed E-state index contributed by atoms with van der Waals surface area (Å²) in [7, 11) is 1.63. The Labute approximate surface area is 124 Å². The van der Waals surface area contributed by atoms with Crippen LogP contribution in [-0.2, 0) is 0 Å². The van der Waals surface area contributed by atoms with E-state index in [2.05, 4.69) is 11.8 Å². The van der Waals surface area contributed by atoms with E-state index in [1.54, 1.807) is 7.11 Å². The monoisotopic (exact) mass is 296 g/mol. The third kappa shape index (κ3) is 2.77. The highest BCUT2D eigenvalue weighted by atomic mass is 32.1. The van der Waals surface area contributed by atoms with Gasteiger partial charge in [-0.1, -0.05) is 20.3 Å². The highest BCUT2D eigenvalue weighted by Crippen LogP contribution is 2.46. The molecule has 112 valence electrons. The average Bonchev–Trinajstić information content (AvgIpc) is 2.83. The van der Waals surface area contributed by atoms with Crippen LogP contribution in [0.1, 0.15) is 49.2 Å². The molecule has 1 aliphatic heterocycles. The van der Waals surface area contributed by atoms with Crippen LogP contribution in [0.15, 0.2) is 0 Å². The number of hydrogen-bond acceptors (Lipinski definition) is 5. The maximum Gasteiger partial charge on any atom is 0.177 e. The summed E-state index contributed by atoms with van der Waals surface area (Å²) in [6.07, 6.45) is 4.15. The van der Waals surface area contributed by atoms with E-state index in [1.165, 1.54) is 30.6 Å². The van der Waals surface area contributed by atoms with Gasteiger partial charge in [0, 0.05) is 19.5 Å². The van der Waals surface area contributed by atoms with E-state index in [9.17, 15) is 4.79 Å². The summed E-state index contributed by atoms with van der Waals surface area (Å²) in [4.78, 5) is 15.0. The van der Waals surface area contributed by atoms with Gasteiger partial charge >= 0.3 is 0 Å². The number of Topliss-reactive ketones (excluding diaryl/α,β-unsaturated/α-hetero) is 1. The first kappa shape index (κ1) is 15.2. The third-order valence-electron chi connectivity index (χ3n) is 4.04. The highest BCUT2D eigenvalue weighted by molar-refractivity contribution is 7.19. The van der Waals surface area contributed by atoms with E-state index in [0.717, 1.165) is 24.0 Å². The minimum atomic E-state index is 0.0982. The van der Waals surface area contributed by atoms with E-state index in [1.807, 2.05) is 6.92 Å². The van der Waals surface area contributed by atoms with E-state index in [0.29, 0.717) is 22.7 Å². The lowest BCUT2D eigenvalue weighted by atomic mass is 9.96. The lowest BCUT2D eigenvalue weighted by molar-refractivity contribution is 0.0992. The Morgan fingerprint density at radius 1 is 1.50 bits per heavy atom. The molecule has 2 heterocycles. The number of carbonyl (C=O) groups is 1. The largest absolute Gasteiger partial charge is 0.492 e. The summed E-state index contributed by atoms with van der Waals surface area (Å²) in [5.74, 6) is 1.51. The molecule has 20 heavy (non-hydrogen) atoms. The van der Waals surface area contributed by atoms with Gasteiger partial charge in [0.2, 0.25) is 0 Å². The molecular weight excluding hydrogens is 272 g/mol. The van der Waals surface area contributed by atoms with Crippen LogP contribution >= 0.6 is 11.3 Å². The number of piperidine rings is 1. The molecule has 1 fully saturated rings. The number of anilines is 2. The molecule has 5 heteroatoms. The summed E-state index contributed by atoms with van der Waals surface area (Å²) >= 11 is 1.49. The van der Waals surface area contributed by atoms with Crippen molar-refractivity contribution in [2.45, 2.75) is 39.5 Å². The minimum Gasteiger partial charge on any atom is -0.492 e. The predicted octanol–water partition coefficient (Wildman–Crippen LogP) is 3.56. The Balaban J connectivity index is 2.33. The molecule has 1 atom stereocenters. The van der Waals surface area contributed by atoms with Gasteiger partial charge in [-0.3, -0.25) is 4.79 Å². The number of rotatable bonds is 5. The Morgan fingerprint density at radius 2 is 2.25 bits per heavy atom. The molecule has 4 nitrogen and oxygen atoms in total. The molecule has 1 saturated heterocycles. The zero-order valence-electron chi connectivity index (χ0n) is 12.6. The number of ketones is 1. The fraction of sp³-hybridized carbons (Fsp3) is 0.667. The molecule has 1 aromatic heterocycles. The number of ether oxygens (including phenoxy) is 1. The standard InChI is InChI=1S/C15H24N2O2S/c1-4-10-7-6-8-17(9-10)15-13(19-3)12(16)14(20-15)11(18)5-2/h10H,4-9,16H2,1-3H3. The van der Waals surface area contributed by atoms with Crippen LogP contribution in [0.3, 0.4) is 0 Å². The van der Waals surface area contributed by atoms with Crippen molar-refractivity contribution in [2.24, 2.45) is 5.92 Å². The summed E-state index contributed by atoms with van der Waals surface area (Å²) < 4.78 is 5.47. The summed E-state index contributed by atoms with van der Waals surface area (Å²) in [5, 5.41) is 1.03. The molecular formula is C15H24N2O2S. The molecule has 1 aromatic rings. The van der Waals surface area contributed by atoms with Crippen molar-refractivity contribution < 1.29 is 9.53 Å². The Hall–Kier alpha value is -1.23. The third-order valence-corrected chi connectivity index (χ3v) is 5.33. The molecule has 0 radical (unpaired) electrons. The van der Waals surface area contributed by atoms with Gasteiger partial charge in [0.1, 0.15) is 5.00 Å². The lowest BCUT2D eigenvalue weighted by Gasteiger charge is -2.33. The van der Waals surface area contributed by atoms with Gasteiger partial charge in [-0.25, -0.2) is 0 Å². The first-order valence-electron chi connectivity index (χ1n) is 7.36. The number of nitrogens with zero attached hydrogens (tertiary/aromatic N) is 1. The van der Waals surface area contributed by atoms with Crippen molar-refractivity contribution in [2.75, 3.05) is 30.8 Å². The second-order valence-corrected chi connectivity index (χ2v) is 6.32. The van der Waals surface area contributed by atoms with Gasteiger partial charge in [0.15, 0.2) is 11.5 Å². The van der Waals surface area contributed by atoms with Crippen molar-refractivity contribution in [1.29, 1.82) is 0 Å². The van der Waals surface area contributed by atoms with Gasteiger partial charge in [0.05, 0.1) is 17.7 Å². The van der Waals surface area contributed by atoms with Gasteiger partial charge in [-0.15, -0.1) is 11.3 Å². The number of methoxy groups -OCH3 is 1. The van der Waals surface area contributed by atoms with Crippen molar-refractivity contribution in [3.8, 4) is 5.75 Å². The maximum atomic E-state index is 12.0. The Morgan fingerprint density at radius 3 is 2.85 bits per heavy atom. The number of hydrogen-bond donors (Lipinski definition) is 1. The maximum absolute atomic E-state index is 12.0. The first-order valence-corrected chi connectivity index (χ1v) is 8.18. The normalized spacial score (nSPS) is 19.1. The second kappa shape index (κ2) is 6.48. The quantitative estimate of drug-likeness (QED) is 0.844. The molecule has 0 aliphatic carbocycles. The summed E-state index contributed by atoms with van der Waals surface area (Å²) in [6, 6.07) is 0. The number of nitrogen functional groups attached to an aromatic ring is 1. The fourth-order valence-electron chi connectivity index (χ4n) is 2.77. The molecule has 0 bridgehead atoms. The minimum absolute atomic E-state index is 0.0982. The predicted molar refractivity (Wildman–Crippen MR) is 85.1 cm³/mol. The van der Waals surface area contributed by atoms with Crippen molar-refractivity contribution in [3.63, 3.8) is 0 Å². The fourth-order valence-corrected chi connectivity index (χ4v) is 4.01. The molecule has 0 amide bonds. The Kier molecular flexibility index (Phi) is 4.91. The number of thiophene rings is 1. The Bertz CT molecular complexity index is 484. The second-order valence-electron chi connectivity index (χ2n) is 5.32. The van der Waals surface area contributed by atoms with E-state index in [4.69, 9.17) is 10.5 Å². The smallest absolute Gasteiger partial charge is 0.177 e. The molecule has 0 saturated carbocycles. The van der Waals surface area contributed by atoms with Crippen molar-refractivity contribution in [1.82, 2.24) is 0 Å².